The van der Waals surface area contributed by atoms with Gasteiger partial charge in [0.25, 0.3) is 0 Å². The highest BCUT2D eigenvalue weighted by molar-refractivity contribution is 7.13. The molecule has 0 aromatic carbocycles. The van der Waals surface area contributed by atoms with Gasteiger partial charge < -0.3 is 9.84 Å². The van der Waals surface area contributed by atoms with Gasteiger partial charge in [-0.2, -0.15) is 0 Å². The maximum atomic E-state index is 8.87. The molecule has 2 heterocycles. The highest BCUT2D eigenvalue weighted by Gasteiger charge is 2.06. The summed E-state index contributed by atoms with van der Waals surface area (Å²) in [5.41, 5.74) is 1.33. The average Bonchev–Trinajstić information content (AvgIpc) is 2.78. The van der Waals surface area contributed by atoms with Crippen molar-refractivity contribution in [2.24, 2.45) is 0 Å². The molecule has 0 saturated carbocycles. The van der Waals surface area contributed by atoms with E-state index in [1.807, 2.05) is 0 Å². The number of hydrogen-bond donors (Lipinski definition) is 1. The van der Waals surface area contributed by atoms with Crippen LogP contribution in [-0.2, 0) is 6.61 Å². The Morgan fingerprint density at radius 1 is 1.40 bits per heavy atom. The summed E-state index contributed by atoms with van der Waals surface area (Å²) in [5, 5.41) is 11.4. The van der Waals surface area contributed by atoms with Crippen molar-refractivity contribution >= 4 is 11.3 Å². The lowest BCUT2D eigenvalue weighted by molar-refractivity contribution is 0.278. The summed E-state index contributed by atoms with van der Waals surface area (Å²) in [6, 6.07) is 0. The van der Waals surface area contributed by atoms with E-state index >= 15 is 0 Å². The van der Waals surface area contributed by atoms with Crippen molar-refractivity contribution in [2.45, 2.75) is 6.61 Å². The van der Waals surface area contributed by atoms with Crippen LogP contribution in [0, 0.1) is 0 Å². The lowest BCUT2D eigenvalue weighted by Crippen LogP contribution is -1.90. The fourth-order valence-electron chi connectivity index (χ4n) is 1.03. The van der Waals surface area contributed by atoms with Crippen LogP contribution in [0.2, 0.25) is 0 Å². The van der Waals surface area contributed by atoms with Crippen molar-refractivity contribution in [1.29, 1.82) is 0 Å². The SMILES string of the molecule is COc1cnc(-c2nc(CO)cs2)cn1. The number of methoxy groups -OCH3 is 1. The van der Waals surface area contributed by atoms with Crippen LogP contribution in [0.5, 0.6) is 5.88 Å². The van der Waals surface area contributed by atoms with Crippen molar-refractivity contribution in [3.05, 3.63) is 23.5 Å². The summed E-state index contributed by atoms with van der Waals surface area (Å²) in [6.45, 7) is -0.0555. The van der Waals surface area contributed by atoms with E-state index in [9.17, 15) is 0 Å². The first-order valence-electron chi connectivity index (χ1n) is 4.25. The van der Waals surface area contributed by atoms with Crippen LogP contribution in [0.25, 0.3) is 10.7 Å². The van der Waals surface area contributed by atoms with E-state index in [4.69, 9.17) is 9.84 Å². The fourth-order valence-corrected chi connectivity index (χ4v) is 1.80. The highest BCUT2D eigenvalue weighted by Crippen LogP contribution is 2.21. The summed E-state index contributed by atoms with van der Waals surface area (Å²) in [6.07, 6.45) is 3.13. The predicted octanol–water partition coefficient (Wildman–Crippen LogP) is 1.10. The lowest BCUT2D eigenvalue weighted by atomic mass is 10.4. The standard InChI is InChI=1S/C9H9N3O2S/c1-14-8-3-10-7(2-11-8)9-12-6(4-13)5-15-9/h2-3,5,13H,4H2,1H3. The summed E-state index contributed by atoms with van der Waals surface area (Å²) in [7, 11) is 1.54. The van der Waals surface area contributed by atoms with E-state index < -0.39 is 0 Å². The Hall–Kier alpha value is -1.53. The Balaban J connectivity index is 2.28. The summed E-state index contributed by atoms with van der Waals surface area (Å²) < 4.78 is 4.90. The summed E-state index contributed by atoms with van der Waals surface area (Å²) in [5.74, 6) is 0.470. The first-order valence-corrected chi connectivity index (χ1v) is 5.13. The number of aliphatic hydroxyl groups excluding tert-OH is 1. The monoisotopic (exact) mass is 223 g/mol. The molecule has 0 radical (unpaired) electrons. The molecule has 0 fully saturated rings. The van der Waals surface area contributed by atoms with Crippen LogP contribution < -0.4 is 4.74 Å². The zero-order chi connectivity index (χ0) is 10.7. The Labute approximate surface area is 90.4 Å². The Kier molecular flexibility index (Phi) is 2.89. The molecule has 0 aliphatic rings. The summed E-state index contributed by atoms with van der Waals surface area (Å²) in [4.78, 5) is 12.4. The molecule has 2 aromatic rings. The Bertz CT molecular complexity index is 441. The molecule has 2 aromatic heterocycles. The van der Waals surface area contributed by atoms with Gasteiger partial charge in [0.05, 0.1) is 31.8 Å². The molecule has 0 atom stereocenters. The van der Waals surface area contributed by atoms with Crippen LogP contribution in [0.4, 0.5) is 0 Å². The van der Waals surface area contributed by atoms with Crippen LogP contribution in [0.3, 0.4) is 0 Å². The van der Waals surface area contributed by atoms with Crippen molar-refractivity contribution in [2.75, 3.05) is 7.11 Å². The largest absolute Gasteiger partial charge is 0.480 e. The third kappa shape index (κ3) is 2.11. The first kappa shape index (κ1) is 10.0. The molecule has 2 rings (SSSR count). The molecule has 15 heavy (non-hydrogen) atoms. The number of aliphatic hydroxyl groups is 1. The third-order valence-corrected chi connectivity index (χ3v) is 2.68. The van der Waals surface area contributed by atoms with E-state index in [0.29, 0.717) is 17.3 Å². The second-order valence-corrected chi connectivity index (χ2v) is 3.60. The van der Waals surface area contributed by atoms with Crippen LogP contribution in [0.15, 0.2) is 17.8 Å². The molecule has 0 saturated heterocycles. The number of thiazole rings is 1. The van der Waals surface area contributed by atoms with E-state index in [1.165, 1.54) is 24.6 Å². The minimum atomic E-state index is -0.0555. The summed E-state index contributed by atoms with van der Waals surface area (Å²) >= 11 is 1.43. The molecule has 0 amide bonds. The zero-order valence-electron chi connectivity index (χ0n) is 8.04. The van der Waals surface area contributed by atoms with Gasteiger partial charge in [0.2, 0.25) is 5.88 Å². The molecular weight excluding hydrogens is 214 g/mol. The lowest BCUT2D eigenvalue weighted by Gasteiger charge is -1.97. The van der Waals surface area contributed by atoms with Crippen LogP contribution in [0.1, 0.15) is 5.69 Å². The maximum Gasteiger partial charge on any atom is 0.232 e. The highest BCUT2D eigenvalue weighted by atomic mass is 32.1. The minimum absolute atomic E-state index is 0.0555. The number of aromatic nitrogens is 3. The zero-order valence-corrected chi connectivity index (χ0v) is 8.86. The van der Waals surface area contributed by atoms with Gasteiger partial charge in [-0.15, -0.1) is 11.3 Å². The van der Waals surface area contributed by atoms with Crippen LogP contribution in [-0.4, -0.2) is 27.2 Å². The fraction of sp³-hybridized carbons (Fsp3) is 0.222. The van der Waals surface area contributed by atoms with Gasteiger partial charge in [-0.05, 0) is 0 Å². The molecule has 0 aliphatic carbocycles. The van der Waals surface area contributed by atoms with E-state index in [1.54, 1.807) is 11.6 Å². The van der Waals surface area contributed by atoms with Crippen LogP contribution >= 0.6 is 11.3 Å². The first-order chi connectivity index (χ1) is 7.33. The predicted molar refractivity (Wildman–Crippen MR) is 55.6 cm³/mol. The van der Waals surface area contributed by atoms with Gasteiger partial charge in [0.15, 0.2) is 0 Å². The topological polar surface area (TPSA) is 68.1 Å². The minimum Gasteiger partial charge on any atom is -0.480 e. The molecular formula is C9H9N3O2S. The van der Waals surface area contributed by atoms with Gasteiger partial charge in [0, 0.05) is 5.38 Å². The number of hydrogen-bond acceptors (Lipinski definition) is 6. The molecule has 0 spiro atoms. The molecule has 1 N–H and O–H groups in total. The molecule has 5 nitrogen and oxygen atoms in total. The quantitative estimate of drug-likeness (QED) is 0.843. The normalized spacial score (nSPS) is 10.3. The Morgan fingerprint density at radius 2 is 2.27 bits per heavy atom. The second-order valence-electron chi connectivity index (χ2n) is 2.75. The van der Waals surface area contributed by atoms with Gasteiger partial charge in [-0.25, -0.2) is 15.0 Å². The van der Waals surface area contributed by atoms with Crippen molar-refractivity contribution in [1.82, 2.24) is 15.0 Å². The maximum absolute atomic E-state index is 8.87. The average molecular weight is 223 g/mol. The Morgan fingerprint density at radius 3 is 2.80 bits per heavy atom. The second kappa shape index (κ2) is 4.33. The van der Waals surface area contributed by atoms with E-state index in [2.05, 4.69) is 15.0 Å². The molecule has 78 valence electrons. The third-order valence-electron chi connectivity index (χ3n) is 1.77. The molecule has 6 heteroatoms. The molecule has 0 aliphatic heterocycles. The van der Waals surface area contributed by atoms with Gasteiger partial charge in [-0.1, -0.05) is 0 Å². The number of rotatable bonds is 3. The van der Waals surface area contributed by atoms with E-state index in [0.717, 1.165) is 5.01 Å². The van der Waals surface area contributed by atoms with Crippen molar-refractivity contribution in [3.63, 3.8) is 0 Å². The number of ether oxygens (including phenoxy) is 1. The molecule has 0 unspecified atom stereocenters. The van der Waals surface area contributed by atoms with Gasteiger partial charge >= 0.3 is 0 Å². The smallest absolute Gasteiger partial charge is 0.232 e. The number of nitrogens with zero attached hydrogens (tertiary/aromatic N) is 3. The van der Waals surface area contributed by atoms with E-state index in [-0.39, 0.29) is 6.61 Å². The van der Waals surface area contributed by atoms with Crippen molar-refractivity contribution < 1.29 is 9.84 Å². The molecule has 0 bridgehead atoms. The van der Waals surface area contributed by atoms with Gasteiger partial charge in [0.1, 0.15) is 10.7 Å². The van der Waals surface area contributed by atoms with Crippen molar-refractivity contribution in [3.8, 4) is 16.6 Å². The van der Waals surface area contributed by atoms with Gasteiger partial charge in [-0.3, -0.25) is 0 Å².